The molecule has 3 N–H and O–H groups in total. The van der Waals surface area contributed by atoms with Crippen LogP contribution < -0.4 is 11.3 Å². The molecule has 0 aliphatic rings. The minimum Gasteiger partial charge on any atom is -0.385 e. The van der Waals surface area contributed by atoms with Gasteiger partial charge in [-0.05, 0) is 31.0 Å². The van der Waals surface area contributed by atoms with E-state index in [-0.39, 0.29) is 11.4 Å². The van der Waals surface area contributed by atoms with Gasteiger partial charge in [0.15, 0.2) is 0 Å². The van der Waals surface area contributed by atoms with Crippen molar-refractivity contribution in [3.8, 4) is 17.2 Å². The van der Waals surface area contributed by atoms with Crippen LogP contribution in [0.25, 0.3) is 11.1 Å². The van der Waals surface area contributed by atoms with E-state index in [1.807, 2.05) is 38.1 Å². The van der Waals surface area contributed by atoms with Crippen molar-refractivity contribution in [2.45, 2.75) is 13.8 Å². The molecule has 4 heteroatoms. The highest BCUT2D eigenvalue weighted by molar-refractivity contribution is 5.75. The lowest BCUT2D eigenvalue weighted by Gasteiger charge is -2.09. The van der Waals surface area contributed by atoms with Crippen molar-refractivity contribution < 1.29 is 0 Å². The molecule has 2 aromatic rings. The second-order valence-electron chi connectivity index (χ2n) is 4.27. The molecule has 0 saturated carbocycles. The number of nitrogens with two attached hydrogens (primary N) is 1. The zero-order valence-corrected chi connectivity index (χ0v) is 10.2. The summed E-state index contributed by atoms with van der Waals surface area (Å²) in [5.41, 5.74) is 8.81. The van der Waals surface area contributed by atoms with Gasteiger partial charge in [0.05, 0.1) is 0 Å². The third-order valence-electron chi connectivity index (χ3n) is 2.85. The molecular weight excluding hydrogens is 226 g/mol. The SMILES string of the molecule is Cc1ccc(C)c(-c2cc(N)[nH]c(=O)c2C#N)c1. The molecule has 0 atom stereocenters. The highest BCUT2D eigenvalue weighted by atomic mass is 16.1. The molecule has 0 bridgehead atoms. The average Bonchev–Trinajstić information content (AvgIpc) is 2.31. The Labute approximate surface area is 105 Å². The molecule has 90 valence electrons. The van der Waals surface area contributed by atoms with Crippen LogP contribution in [-0.4, -0.2) is 4.98 Å². The molecule has 0 radical (unpaired) electrons. The number of aromatic amines is 1. The lowest BCUT2D eigenvalue weighted by molar-refractivity contribution is 1.22. The highest BCUT2D eigenvalue weighted by Gasteiger charge is 2.12. The molecule has 4 nitrogen and oxygen atoms in total. The summed E-state index contributed by atoms with van der Waals surface area (Å²) in [7, 11) is 0. The number of hydrogen-bond acceptors (Lipinski definition) is 3. The van der Waals surface area contributed by atoms with Crippen molar-refractivity contribution in [1.29, 1.82) is 5.26 Å². The first-order valence-electron chi connectivity index (χ1n) is 5.53. The Morgan fingerprint density at radius 1 is 1.22 bits per heavy atom. The van der Waals surface area contributed by atoms with Crippen LogP contribution in [0.3, 0.4) is 0 Å². The third kappa shape index (κ3) is 1.98. The zero-order valence-electron chi connectivity index (χ0n) is 10.2. The Kier molecular flexibility index (Phi) is 2.90. The van der Waals surface area contributed by atoms with Gasteiger partial charge < -0.3 is 10.7 Å². The predicted molar refractivity (Wildman–Crippen MR) is 71.1 cm³/mol. The lowest BCUT2D eigenvalue weighted by Crippen LogP contribution is -2.13. The zero-order chi connectivity index (χ0) is 13.3. The molecule has 0 aliphatic heterocycles. The Bertz CT molecular complexity index is 708. The molecule has 0 amide bonds. The second kappa shape index (κ2) is 4.38. The van der Waals surface area contributed by atoms with E-state index < -0.39 is 5.56 Å². The lowest BCUT2D eigenvalue weighted by atomic mass is 9.96. The van der Waals surface area contributed by atoms with Crippen LogP contribution in [0.15, 0.2) is 29.1 Å². The van der Waals surface area contributed by atoms with Gasteiger partial charge in [0.1, 0.15) is 17.5 Å². The van der Waals surface area contributed by atoms with E-state index in [9.17, 15) is 4.79 Å². The fourth-order valence-electron chi connectivity index (χ4n) is 1.93. The van der Waals surface area contributed by atoms with Gasteiger partial charge >= 0.3 is 0 Å². The van der Waals surface area contributed by atoms with Crippen LogP contribution in [-0.2, 0) is 0 Å². The molecule has 0 spiro atoms. The van der Waals surface area contributed by atoms with Gasteiger partial charge in [-0.3, -0.25) is 4.79 Å². The largest absolute Gasteiger partial charge is 0.385 e. The van der Waals surface area contributed by atoms with Gasteiger partial charge in [-0.2, -0.15) is 5.26 Å². The summed E-state index contributed by atoms with van der Waals surface area (Å²) in [5.74, 6) is 0.259. The Morgan fingerprint density at radius 2 is 1.94 bits per heavy atom. The van der Waals surface area contributed by atoms with Gasteiger partial charge in [0, 0.05) is 5.56 Å². The predicted octanol–water partition coefficient (Wildman–Crippen LogP) is 2.11. The minimum absolute atomic E-state index is 0.0953. The Hall–Kier alpha value is -2.54. The van der Waals surface area contributed by atoms with Crippen LogP contribution in [0.1, 0.15) is 16.7 Å². The molecule has 1 heterocycles. The van der Waals surface area contributed by atoms with Gasteiger partial charge in [-0.25, -0.2) is 0 Å². The van der Waals surface area contributed by atoms with Gasteiger partial charge in [-0.15, -0.1) is 0 Å². The standard InChI is InChI=1S/C14H13N3O/c1-8-3-4-9(2)10(5-8)11-6-13(16)17-14(18)12(11)7-15/h3-6H,1-2H3,(H3,16,17,18). The first kappa shape index (κ1) is 11.9. The summed E-state index contributed by atoms with van der Waals surface area (Å²) in [4.78, 5) is 14.1. The topological polar surface area (TPSA) is 82.7 Å². The van der Waals surface area contributed by atoms with Crippen LogP contribution in [0.2, 0.25) is 0 Å². The number of H-pyrrole nitrogens is 1. The minimum atomic E-state index is -0.451. The number of rotatable bonds is 1. The van der Waals surface area contributed by atoms with E-state index in [4.69, 9.17) is 11.0 Å². The van der Waals surface area contributed by atoms with Crippen molar-refractivity contribution in [1.82, 2.24) is 4.98 Å². The van der Waals surface area contributed by atoms with E-state index in [0.29, 0.717) is 5.56 Å². The molecule has 18 heavy (non-hydrogen) atoms. The average molecular weight is 239 g/mol. The second-order valence-corrected chi connectivity index (χ2v) is 4.27. The molecule has 0 fully saturated rings. The monoisotopic (exact) mass is 239 g/mol. The maximum Gasteiger partial charge on any atom is 0.268 e. The van der Waals surface area contributed by atoms with Crippen LogP contribution in [0.5, 0.6) is 0 Å². The summed E-state index contributed by atoms with van der Waals surface area (Å²) in [6.07, 6.45) is 0. The summed E-state index contributed by atoms with van der Waals surface area (Å²) in [5, 5.41) is 9.10. The maximum absolute atomic E-state index is 11.7. The third-order valence-corrected chi connectivity index (χ3v) is 2.85. The van der Waals surface area contributed by atoms with Gasteiger partial charge in [-0.1, -0.05) is 23.8 Å². The normalized spacial score (nSPS) is 10.1. The molecule has 2 rings (SSSR count). The van der Waals surface area contributed by atoms with Crippen LogP contribution >= 0.6 is 0 Å². The number of nitriles is 1. The smallest absolute Gasteiger partial charge is 0.268 e. The summed E-state index contributed by atoms with van der Waals surface area (Å²) in [6.45, 7) is 3.90. The summed E-state index contributed by atoms with van der Waals surface area (Å²) < 4.78 is 0. The van der Waals surface area contributed by atoms with Crippen molar-refractivity contribution in [2.75, 3.05) is 5.73 Å². The number of nitrogen functional groups attached to an aromatic ring is 1. The van der Waals surface area contributed by atoms with E-state index in [1.165, 1.54) is 0 Å². The maximum atomic E-state index is 11.7. The Morgan fingerprint density at radius 3 is 2.61 bits per heavy atom. The summed E-state index contributed by atoms with van der Waals surface area (Å²) in [6, 6.07) is 9.46. The Balaban J connectivity index is 2.83. The van der Waals surface area contributed by atoms with Crippen LogP contribution in [0, 0.1) is 25.2 Å². The molecule has 0 saturated heterocycles. The van der Waals surface area contributed by atoms with E-state index in [0.717, 1.165) is 16.7 Å². The van der Waals surface area contributed by atoms with E-state index >= 15 is 0 Å². The number of aromatic nitrogens is 1. The number of hydrogen-bond donors (Lipinski definition) is 2. The van der Waals surface area contributed by atoms with Gasteiger partial charge in [0.25, 0.3) is 5.56 Å². The van der Waals surface area contributed by atoms with Crippen LogP contribution in [0.4, 0.5) is 5.82 Å². The molecule has 0 unspecified atom stereocenters. The number of aryl methyl sites for hydroxylation is 2. The van der Waals surface area contributed by atoms with E-state index in [2.05, 4.69) is 4.98 Å². The first-order valence-corrected chi connectivity index (χ1v) is 5.53. The number of pyridine rings is 1. The summed E-state index contributed by atoms with van der Waals surface area (Å²) >= 11 is 0. The number of nitrogens with zero attached hydrogens (tertiary/aromatic N) is 1. The molecule has 1 aromatic heterocycles. The number of nitrogens with one attached hydrogen (secondary N) is 1. The fourth-order valence-corrected chi connectivity index (χ4v) is 1.93. The van der Waals surface area contributed by atoms with Crippen molar-refractivity contribution >= 4 is 5.82 Å². The van der Waals surface area contributed by atoms with E-state index in [1.54, 1.807) is 6.07 Å². The quantitative estimate of drug-likeness (QED) is 0.799. The molecular formula is C14H13N3O. The van der Waals surface area contributed by atoms with Crippen molar-refractivity contribution in [2.24, 2.45) is 0 Å². The first-order chi connectivity index (χ1) is 8.52. The molecule has 1 aromatic carbocycles. The number of benzene rings is 1. The molecule has 0 aliphatic carbocycles. The fraction of sp³-hybridized carbons (Fsp3) is 0.143. The highest BCUT2D eigenvalue weighted by Crippen LogP contribution is 2.26. The van der Waals surface area contributed by atoms with Crippen molar-refractivity contribution in [3.05, 3.63) is 51.3 Å². The number of anilines is 1. The van der Waals surface area contributed by atoms with Gasteiger partial charge in [0.2, 0.25) is 0 Å². The van der Waals surface area contributed by atoms with Crippen molar-refractivity contribution in [3.63, 3.8) is 0 Å².